The van der Waals surface area contributed by atoms with Crippen molar-refractivity contribution in [2.24, 2.45) is 11.7 Å². The van der Waals surface area contributed by atoms with Crippen molar-refractivity contribution >= 4 is 52.3 Å². The van der Waals surface area contributed by atoms with E-state index in [0.717, 1.165) is 16.5 Å². The standard InChI is InChI=1S/C27H39N5O7S/c1-4-15(2)23(26(37)31-21(27(38)39)11-12-40-3)32-25(36)20(9-10-22(33)34)30-24(35)18(28)13-16-14-29-19-8-6-5-7-17(16)19/h5-8,14-15,18,20-21,23,29H,4,9-13,28H2,1-3H3,(H,30,35)(H,31,37)(H,32,36)(H,33,34)(H,38,39). The number of nitrogens with one attached hydrogen (secondary N) is 4. The minimum Gasteiger partial charge on any atom is -0.481 e. The first-order valence-corrected chi connectivity index (χ1v) is 14.5. The Morgan fingerprint density at radius 1 is 0.975 bits per heavy atom. The van der Waals surface area contributed by atoms with E-state index in [9.17, 15) is 34.2 Å². The fourth-order valence-corrected chi connectivity index (χ4v) is 4.63. The summed E-state index contributed by atoms with van der Waals surface area (Å²) in [7, 11) is 0. The average molecular weight is 578 g/mol. The Labute approximate surface area is 237 Å². The van der Waals surface area contributed by atoms with Gasteiger partial charge in [0.25, 0.3) is 0 Å². The summed E-state index contributed by atoms with van der Waals surface area (Å²) in [6.45, 7) is 3.54. The number of nitrogens with two attached hydrogens (primary N) is 1. The highest BCUT2D eigenvalue weighted by molar-refractivity contribution is 7.98. The van der Waals surface area contributed by atoms with Crippen molar-refractivity contribution in [1.82, 2.24) is 20.9 Å². The van der Waals surface area contributed by atoms with E-state index in [-0.39, 0.29) is 25.2 Å². The first-order chi connectivity index (χ1) is 19.0. The number of carbonyl (C=O) groups is 5. The van der Waals surface area contributed by atoms with Crippen molar-refractivity contribution in [3.63, 3.8) is 0 Å². The number of aromatic amines is 1. The second-order valence-electron chi connectivity index (χ2n) is 9.72. The molecule has 0 bridgehead atoms. The van der Waals surface area contributed by atoms with Crippen LogP contribution in [0.15, 0.2) is 30.5 Å². The first kappa shape index (κ1) is 32.6. The number of rotatable bonds is 17. The van der Waals surface area contributed by atoms with Crippen LogP contribution in [0.25, 0.3) is 10.9 Å². The maximum absolute atomic E-state index is 13.3. The molecule has 5 atom stereocenters. The number of amides is 3. The number of hydrogen-bond donors (Lipinski definition) is 7. The maximum Gasteiger partial charge on any atom is 0.326 e. The monoisotopic (exact) mass is 577 g/mol. The molecule has 1 heterocycles. The van der Waals surface area contributed by atoms with E-state index in [2.05, 4.69) is 20.9 Å². The van der Waals surface area contributed by atoms with Crippen molar-refractivity contribution in [1.29, 1.82) is 0 Å². The molecule has 0 saturated carbocycles. The second-order valence-corrected chi connectivity index (χ2v) is 10.7. The van der Waals surface area contributed by atoms with Gasteiger partial charge in [-0.3, -0.25) is 19.2 Å². The number of fused-ring (bicyclic) bond motifs is 1. The quantitative estimate of drug-likeness (QED) is 0.144. The van der Waals surface area contributed by atoms with Gasteiger partial charge in [-0.25, -0.2) is 4.79 Å². The molecule has 0 aliphatic heterocycles. The highest BCUT2D eigenvalue weighted by atomic mass is 32.2. The van der Waals surface area contributed by atoms with Crippen molar-refractivity contribution in [3.05, 3.63) is 36.0 Å². The largest absolute Gasteiger partial charge is 0.481 e. The van der Waals surface area contributed by atoms with Crippen LogP contribution in [0.5, 0.6) is 0 Å². The first-order valence-electron chi connectivity index (χ1n) is 13.1. The third-order valence-corrected chi connectivity index (χ3v) is 7.39. The molecule has 5 unspecified atom stereocenters. The van der Waals surface area contributed by atoms with E-state index in [1.807, 2.05) is 37.4 Å². The average Bonchev–Trinajstić information content (AvgIpc) is 3.33. The van der Waals surface area contributed by atoms with Crippen LogP contribution >= 0.6 is 11.8 Å². The topological polar surface area (TPSA) is 204 Å². The second kappa shape index (κ2) is 15.9. The van der Waals surface area contributed by atoms with Gasteiger partial charge in [-0.1, -0.05) is 38.5 Å². The predicted octanol–water partition coefficient (Wildman–Crippen LogP) is 1.24. The number of para-hydroxylation sites is 1. The molecular weight excluding hydrogens is 538 g/mol. The maximum atomic E-state index is 13.3. The lowest BCUT2D eigenvalue weighted by Gasteiger charge is -2.28. The number of hydrogen-bond acceptors (Lipinski definition) is 7. The van der Waals surface area contributed by atoms with Crippen LogP contribution in [0.4, 0.5) is 0 Å². The highest BCUT2D eigenvalue weighted by Crippen LogP contribution is 2.19. The molecule has 12 nitrogen and oxygen atoms in total. The van der Waals surface area contributed by atoms with E-state index in [1.54, 1.807) is 13.1 Å². The fourth-order valence-electron chi connectivity index (χ4n) is 4.16. The van der Waals surface area contributed by atoms with Crippen molar-refractivity contribution in [2.45, 2.75) is 70.1 Å². The highest BCUT2D eigenvalue weighted by Gasteiger charge is 2.33. The summed E-state index contributed by atoms with van der Waals surface area (Å²) in [5.41, 5.74) is 7.85. The number of benzene rings is 1. The number of aromatic nitrogens is 1. The van der Waals surface area contributed by atoms with Crippen molar-refractivity contribution < 1.29 is 34.2 Å². The van der Waals surface area contributed by atoms with Crippen molar-refractivity contribution in [3.8, 4) is 0 Å². The number of thioether (sulfide) groups is 1. The van der Waals surface area contributed by atoms with Gasteiger partial charge in [0.05, 0.1) is 6.04 Å². The van der Waals surface area contributed by atoms with E-state index in [4.69, 9.17) is 5.73 Å². The van der Waals surface area contributed by atoms with Gasteiger partial charge in [-0.05, 0) is 48.8 Å². The van der Waals surface area contributed by atoms with Gasteiger partial charge in [0, 0.05) is 23.5 Å². The van der Waals surface area contributed by atoms with Gasteiger partial charge < -0.3 is 36.9 Å². The Balaban J connectivity index is 2.16. The zero-order valence-electron chi connectivity index (χ0n) is 22.9. The van der Waals surface area contributed by atoms with Gasteiger partial charge >= 0.3 is 11.9 Å². The normalized spacial score (nSPS) is 14.9. The molecule has 3 amide bonds. The Hall–Kier alpha value is -3.58. The van der Waals surface area contributed by atoms with Gasteiger partial charge in [-0.15, -0.1) is 0 Å². The Bertz CT molecular complexity index is 1190. The lowest BCUT2D eigenvalue weighted by molar-refractivity contribution is -0.142. The van der Waals surface area contributed by atoms with E-state index in [0.29, 0.717) is 12.2 Å². The molecule has 0 spiro atoms. The van der Waals surface area contributed by atoms with Crippen molar-refractivity contribution in [2.75, 3.05) is 12.0 Å². The molecule has 0 saturated heterocycles. The van der Waals surface area contributed by atoms with Gasteiger partial charge in [0.1, 0.15) is 18.1 Å². The number of carboxylic acid groups (broad SMARTS) is 2. The molecule has 2 aromatic rings. The SMILES string of the molecule is CCC(C)C(NC(=O)C(CCC(=O)O)NC(=O)C(N)Cc1c[nH]c2ccccc12)C(=O)NC(CCSC)C(=O)O. The lowest BCUT2D eigenvalue weighted by atomic mass is 9.97. The Morgan fingerprint density at radius 3 is 2.27 bits per heavy atom. The van der Waals surface area contributed by atoms with Crippen LogP contribution in [0.2, 0.25) is 0 Å². The third kappa shape index (κ3) is 9.56. The van der Waals surface area contributed by atoms with Crippen LogP contribution in [-0.2, 0) is 30.4 Å². The molecule has 0 radical (unpaired) electrons. The lowest BCUT2D eigenvalue weighted by Crippen LogP contribution is -2.58. The summed E-state index contributed by atoms with van der Waals surface area (Å²) in [5.74, 6) is -4.29. The molecule has 40 heavy (non-hydrogen) atoms. The third-order valence-electron chi connectivity index (χ3n) is 6.75. The van der Waals surface area contributed by atoms with Crippen LogP contribution < -0.4 is 21.7 Å². The molecule has 0 fully saturated rings. The number of carboxylic acids is 2. The minimum atomic E-state index is -1.27. The zero-order chi connectivity index (χ0) is 29.8. The summed E-state index contributed by atoms with van der Waals surface area (Å²) < 4.78 is 0. The van der Waals surface area contributed by atoms with Gasteiger partial charge in [0.2, 0.25) is 17.7 Å². The van der Waals surface area contributed by atoms with Crippen LogP contribution in [0, 0.1) is 5.92 Å². The summed E-state index contributed by atoms with van der Waals surface area (Å²) in [6, 6.07) is 2.99. The van der Waals surface area contributed by atoms with Crippen LogP contribution in [0.3, 0.4) is 0 Å². The molecule has 0 aliphatic carbocycles. The Morgan fingerprint density at radius 2 is 1.65 bits per heavy atom. The van der Waals surface area contributed by atoms with Crippen LogP contribution in [-0.4, -0.2) is 81.0 Å². The summed E-state index contributed by atoms with van der Waals surface area (Å²) >= 11 is 1.44. The number of aliphatic carboxylic acids is 2. The van der Waals surface area contributed by atoms with E-state index in [1.165, 1.54) is 11.8 Å². The molecular formula is C27H39N5O7S. The van der Waals surface area contributed by atoms with Gasteiger partial charge in [-0.2, -0.15) is 11.8 Å². The molecule has 1 aromatic heterocycles. The molecule has 1 aromatic carbocycles. The molecule has 220 valence electrons. The number of H-pyrrole nitrogens is 1. The van der Waals surface area contributed by atoms with E-state index < -0.39 is 60.2 Å². The number of carbonyl (C=O) groups excluding carboxylic acids is 3. The fraction of sp³-hybridized carbons (Fsp3) is 0.519. The molecule has 13 heteroatoms. The summed E-state index contributed by atoms with van der Waals surface area (Å²) in [6.07, 6.45) is 3.80. The van der Waals surface area contributed by atoms with Gasteiger partial charge in [0.15, 0.2) is 0 Å². The summed E-state index contributed by atoms with van der Waals surface area (Å²) in [5, 5.41) is 27.2. The summed E-state index contributed by atoms with van der Waals surface area (Å²) in [4.78, 5) is 65.3. The van der Waals surface area contributed by atoms with Crippen LogP contribution in [0.1, 0.15) is 45.1 Å². The molecule has 2 rings (SSSR count). The Kier molecular flexibility index (Phi) is 12.9. The molecule has 8 N–H and O–H groups in total. The molecule has 0 aliphatic rings. The smallest absolute Gasteiger partial charge is 0.326 e. The predicted molar refractivity (Wildman–Crippen MR) is 153 cm³/mol. The zero-order valence-corrected chi connectivity index (χ0v) is 23.8. The van der Waals surface area contributed by atoms with E-state index >= 15 is 0 Å². The minimum absolute atomic E-state index is 0.174.